The Morgan fingerprint density at radius 3 is 2.54 bits per heavy atom. The molecule has 26 heavy (non-hydrogen) atoms. The highest BCUT2D eigenvalue weighted by Gasteiger charge is 2.29. The number of ether oxygens (including phenoxy) is 1. The maximum atomic E-state index is 12.7. The molecule has 3 rings (SSSR count). The Hall–Kier alpha value is -2.12. The van der Waals surface area contributed by atoms with E-state index in [1.165, 1.54) is 10.4 Å². The zero-order valence-electron chi connectivity index (χ0n) is 15.0. The Balaban J connectivity index is 1.59. The maximum absolute atomic E-state index is 12.7. The molecule has 2 heterocycles. The van der Waals surface area contributed by atoms with Crippen molar-refractivity contribution in [2.75, 3.05) is 13.1 Å². The van der Waals surface area contributed by atoms with Gasteiger partial charge in [0, 0.05) is 19.2 Å². The SMILES string of the molecule is Cc1cccc(CS(=O)(=O)N2CCC(Oc3cc(C)oc(=O)c3)CC2)c1. The minimum Gasteiger partial charge on any atom is -0.490 e. The fourth-order valence-corrected chi connectivity index (χ4v) is 4.72. The van der Waals surface area contributed by atoms with Gasteiger partial charge < -0.3 is 9.15 Å². The summed E-state index contributed by atoms with van der Waals surface area (Å²) in [5, 5.41) is 0. The van der Waals surface area contributed by atoms with Gasteiger partial charge in [-0.15, -0.1) is 0 Å². The van der Waals surface area contributed by atoms with Gasteiger partial charge in [-0.2, -0.15) is 0 Å². The van der Waals surface area contributed by atoms with E-state index in [1.807, 2.05) is 31.2 Å². The van der Waals surface area contributed by atoms with E-state index < -0.39 is 15.6 Å². The molecule has 0 saturated carbocycles. The first-order chi connectivity index (χ1) is 12.3. The largest absolute Gasteiger partial charge is 0.490 e. The minimum atomic E-state index is -3.35. The third kappa shape index (κ3) is 4.74. The van der Waals surface area contributed by atoms with Gasteiger partial charge >= 0.3 is 5.63 Å². The van der Waals surface area contributed by atoms with Gasteiger partial charge in [0.05, 0.1) is 11.8 Å². The average molecular weight is 377 g/mol. The summed E-state index contributed by atoms with van der Waals surface area (Å²) < 4.78 is 37.6. The summed E-state index contributed by atoms with van der Waals surface area (Å²) in [6, 6.07) is 10.5. The van der Waals surface area contributed by atoms with E-state index in [0.29, 0.717) is 37.4 Å². The molecule has 0 bridgehead atoms. The zero-order valence-corrected chi connectivity index (χ0v) is 15.8. The van der Waals surface area contributed by atoms with Gasteiger partial charge in [0.1, 0.15) is 17.6 Å². The smallest absolute Gasteiger partial charge is 0.339 e. The van der Waals surface area contributed by atoms with E-state index in [2.05, 4.69) is 0 Å². The second-order valence-corrected chi connectivity index (χ2v) is 8.65. The van der Waals surface area contributed by atoms with Crippen molar-refractivity contribution in [3.8, 4) is 5.75 Å². The van der Waals surface area contributed by atoms with Gasteiger partial charge in [0.15, 0.2) is 0 Å². The van der Waals surface area contributed by atoms with Crippen LogP contribution in [0.1, 0.15) is 29.7 Å². The van der Waals surface area contributed by atoms with Crippen LogP contribution < -0.4 is 10.4 Å². The monoisotopic (exact) mass is 377 g/mol. The number of sulfonamides is 1. The van der Waals surface area contributed by atoms with Gasteiger partial charge in [-0.05, 0) is 32.3 Å². The lowest BCUT2D eigenvalue weighted by Gasteiger charge is -2.31. The first-order valence-electron chi connectivity index (χ1n) is 8.64. The number of nitrogens with zero attached hydrogens (tertiary/aromatic N) is 1. The molecule has 140 valence electrons. The van der Waals surface area contributed by atoms with Crippen LogP contribution in [0, 0.1) is 13.8 Å². The molecule has 6 nitrogen and oxygen atoms in total. The van der Waals surface area contributed by atoms with E-state index in [4.69, 9.17) is 9.15 Å². The Bertz CT molecular complexity index is 927. The van der Waals surface area contributed by atoms with Gasteiger partial charge in [0.2, 0.25) is 10.0 Å². The fraction of sp³-hybridized carbons (Fsp3) is 0.421. The Morgan fingerprint density at radius 1 is 1.15 bits per heavy atom. The van der Waals surface area contributed by atoms with Crippen molar-refractivity contribution in [2.45, 2.75) is 38.5 Å². The van der Waals surface area contributed by atoms with Crippen LogP contribution in [0.15, 0.2) is 45.6 Å². The molecule has 0 atom stereocenters. The zero-order chi connectivity index (χ0) is 18.7. The molecule has 0 amide bonds. The predicted octanol–water partition coefficient (Wildman–Crippen LogP) is 2.63. The lowest BCUT2D eigenvalue weighted by Crippen LogP contribution is -2.42. The molecule has 2 aromatic rings. The molecule has 1 aliphatic rings. The minimum absolute atomic E-state index is 0.0130. The average Bonchev–Trinajstić information content (AvgIpc) is 2.54. The van der Waals surface area contributed by atoms with Gasteiger partial charge in [-0.3, -0.25) is 0 Å². The lowest BCUT2D eigenvalue weighted by atomic mass is 10.1. The number of hydrogen-bond donors (Lipinski definition) is 0. The van der Waals surface area contributed by atoms with Crippen LogP contribution in [0.25, 0.3) is 0 Å². The predicted molar refractivity (Wildman–Crippen MR) is 98.7 cm³/mol. The highest BCUT2D eigenvalue weighted by atomic mass is 32.2. The van der Waals surface area contributed by atoms with Gasteiger partial charge in [-0.1, -0.05) is 29.8 Å². The molecule has 0 unspecified atom stereocenters. The van der Waals surface area contributed by atoms with Crippen molar-refractivity contribution in [3.63, 3.8) is 0 Å². The van der Waals surface area contributed by atoms with E-state index in [0.717, 1.165) is 11.1 Å². The summed E-state index contributed by atoms with van der Waals surface area (Å²) in [6.07, 6.45) is 1.07. The third-order valence-corrected chi connectivity index (χ3v) is 6.25. The lowest BCUT2D eigenvalue weighted by molar-refractivity contribution is 0.134. The number of hydrogen-bond acceptors (Lipinski definition) is 5. The first kappa shape index (κ1) is 18.7. The van der Waals surface area contributed by atoms with E-state index in [9.17, 15) is 13.2 Å². The summed E-state index contributed by atoms with van der Waals surface area (Å²) in [5.74, 6) is 0.976. The molecule has 7 heteroatoms. The molecule has 0 spiro atoms. The fourth-order valence-electron chi connectivity index (χ4n) is 3.17. The molecular weight excluding hydrogens is 354 g/mol. The van der Waals surface area contributed by atoms with E-state index >= 15 is 0 Å². The molecule has 0 N–H and O–H groups in total. The van der Waals surface area contributed by atoms with Crippen molar-refractivity contribution in [3.05, 3.63) is 63.7 Å². The van der Waals surface area contributed by atoms with Crippen LogP contribution >= 0.6 is 0 Å². The molecule has 1 aromatic heterocycles. The third-order valence-electron chi connectivity index (χ3n) is 4.40. The first-order valence-corrected chi connectivity index (χ1v) is 10.2. The molecule has 0 radical (unpaired) electrons. The molecule has 1 aromatic carbocycles. The quantitative estimate of drug-likeness (QED) is 0.801. The summed E-state index contributed by atoms with van der Waals surface area (Å²) in [6.45, 7) is 4.47. The number of benzene rings is 1. The van der Waals surface area contributed by atoms with Crippen LogP contribution in [0.3, 0.4) is 0 Å². The number of aryl methyl sites for hydroxylation is 2. The standard InChI is InChI=1S/C19H23NO5S/c1-14-4-3-5-16(10-14)13-26(22,23)20-8-6-17(7-9-20)25-18-11-15(2)24-19(21)12-18/h3-5,10-12,17H,6-9,13H2,1-2H3. The summed E-state index contributed by atoms with van der Waals surface area (Å²) in [7, 11) is -3.35. The van der Waals surface area contributed by atoms with E-state index in [1.54, 1.807) is 13.0 Å². The number of rotatable bonds is 5. The Labute approximate surface area is 153 Å². The van der Waals surface area contributed by atoms with Crippen molar-refractivity contribution >= 4 is 10.0 Å². The summed E-state index contributed by atoms with van der Waals surface area (Å²) >= 11 is 0. The Kier molecular flexibility index (Phi) is 5.48. The van der Waals surface area contributed by atoms with Crippen LogP contribution in [-0.2, 0) is 15.8 Å². The van der Waals surface area contributed by atoms with Crippen molar-refractivity contribution < 1.29 is 17.6 Å². The van der Waals surface area contributed by atoms with Gasteiger partial charge in [-0.25, -0.2) is 17.5 Å². The molecule has 1 fully saturated rings. The van der Waals surface area contributed by atoms with E-state index in [-0.39, 0.29) is 11.9 Å². The second-order valence-electron chi connectivity index (χ2n) is 6.68. The number of piperidine rings is 1. The summed E-state index contributed by atoms with van der Waals surface area (Å²) in [4.78, 5) is 11.4. The highest BCUT2D eigenvalue weighted by Crippen LogP contribution is 2.22. The van der Waals surface area contributed by atoms with Crippen molar-refractivity contribution in [1.82, 2.24) is 4.31 Å². The van der Waals surface area contributed by atoms with Crippen LogP contribution in [0.5, 0.6) is 5.75 Å². The second kappa shape index (κ2) is 7.63. The molecule has 1 saturated heterocycles. The topological polar surface area (TPSA) is 76.8 Å². The van der Waals surface area contributed by atoms with Crippen molar-refractivity contribution in [1.29, 1.82) is 0 Å². The summed E-state index contributed by atoms with van der Waals surface area (Å²) in [5.41, 5.74) is 1.40. The molecule has 1 aliphatic heterocycles. The molecule has 0 aliphatic carbocycles. The van der Waals surface area contributed by atoms with Crippen LogP contribution in [0.4, 0.5) is 0 Å². The Morgan fingerprint density at radius 2 is 1.88 bits per heavy atom. The normalized spacial score (nSPS) is 16.5. The molecular formula is C19H23NO5S. The van der Waals surface area contributed by atoms with Crippen LogP contribution in [-0.4, -0.2) is 31.9 Å². The van der Waals surface area contributed by atoms with Crippen molar-refractivity contribution in [2.24, 2.45) is 0 Å². The van der Waals surface area contributed by atoms with Gasteiger partial charge in [0.25, 0.3) is 0 Å². The van der Waals surface area contributed by atoms with Crippen LogP contribution in [0.2, 0.25) is 0 Å². The highest BCUT2D eigenvalue weighted by molar-refractivity contribution is 7.88. The maximum Gasteiger partial charge on any atom is 0.339 e.